The number of thiophene rings is 1. The average molecular weight is 287 g/mol. The van der Waals surface area contributed by atoms with E-state index in [4.69, 9.17) is 4.98 Å². The Balaban J connectivity index is 1.83. The van der Waals surface area contributed by atoms with E-state index in [1.165, 1.54) is 10.4 Å². The van der Waals surface area contributed by atoms with Crippen LogP contribution < -0.4 is 10.9 Å². The number of aromatic nitrogens is 2. The van der Waals surface area contributed by atoms with Gasteiger partial charge >= 0.3 is 0 Å². The van der Waals surface area contributed by atoms with Crippen molar-refractivity contribution in [3.8, 4) is 0 Å². The van der Waals surface area contributed by atoms with Crippen molar-refractivity contribution in [2.24, 2.45) is 0 Å². The zero-order valence-corrected chi connectivity index (χ0v) is 12.3. The Morgan fingerprint density at radius 3 is 2.95 bits per heavy atom. The summed E-state index contributed by atoms with van der Waals surface area (Å²) in [7, 11) is 0. The largest absolute Gasteiger partial charge is 0.312 e. The third kappa shape index (κ3) is 1.77. The molecule has 1 aliphatic heterocycles. The van der Waals surface area contributed by atoms with Gasteiger partial charge in [0.25, 0.3) is 5.56 Å². The van der Waals surface area contributed by atoms with Gasteiger partial charge < -0.3 is 10.3 Å². The summed E-state index contributed by atoms with van der Waals surface area (Å²) in [5.41, 5.74) is 3.12. The molecule has 0 bridgehead atoms. The van der Waals surface area contributed by atoms with E-state index in [1.54, 1.807) is 11.3 Å². The molecule has 1 aliphatic carbocycles. The van der Waals surface area contributed by atoms with Crippen LogP contribution in [0.15, 0.2) is 16.2 Å². The van der Waals surface area contributed by atoms with Crippen molar-refractivity contribution in [1.29, 1.82) is 0 Å². The monoisotopic (exact) mass is 287 g/mol. The molecular formula is C15H17N3OS. The lowest BCUT2D eigenvalue weighted by Crippen LogP contribution is -2.33. The molecule has 2 aliphatic rings. The van der Waals surface area contributed by atoms with Gasteiger partial charge in [0.2, 0.25) is 0 Å². The van der Waals surface area contributed by atoms with Crippen LogP contribution in [-0.4, -0.2) is 16.5 Å². The molecule has 0 atom stereocenters. The molecule has 4 nitrogen and oxygen atoms in total. The summed E-state index contributed by atoms with van der Waals surface area (Å²) in [6.07, 6.45) is 3.03. The number of rotatable bonds is 2. The molecule has 2 N–H and O–H groups in total. The van der Waals surface area contributed by atoms with Crippen molar-refractivity contribution in [3.05, 3.63) is 49.3 Å². The smallest absolute Gasteiger partial charge is 0.255 e. The summed E-state index contributed by atoms with van der Waals surface area (Å²) >= 11 is 1.78. The standard InChI is InChI=1S/C15H17N3OS/c1-9-6-12(20-8-9)15(3-4-15)14-17-11-2-5-16-7-10(11)13(19)18-14/h6,8,16H,2-5,7H2,1H3,(H,17,18,19). The second-order valence-corrected chi connectivity index (χ2v) is 6.75. The first-order chi connectivity index (χ1) is 9.69. The van der Waals surface area contributed by atoms with Crippen molar-refractivity contribution in [2.45, 2.75) is 38.1 Å². The molecule has 0 spiro atoms. The van der Waals surface area contributed by atoms with Gasteiger partial charge in [-0.15, -0.1) is 11.3 Å². The van der Waals surface area contributed by atoms with E-state index in [2.05, 4.69) is 28.7 Å². The van der Waals surface area contributed by atoms with E-state index in [0.717, 1.165) is 42.9 Å². The van der Waals surface area contributed by atoms with E-state index in [-0.39, 0.29) is 11.0 Å². The van der Waals surface area contributed by atoms with Crippen LogP contribution in [0.3, 0.4) is 0 Å². The van der Waals surface area contributed by atoms with Crippen LogP contribution in [0.5, 0.6) is 0 Å². The van der Waals surface area contributed by atoms with Crippen LogP contribution in [0.25, 0.3) is 0 Å². The van der Waals surface area contributed by atoms with Crippen molar-refractivity contribution in [3.63, 3.8) is 0 Å². The molecule has 5 heteroatoms. The van der Waals surface area contributed by atoms with E-state index < -0.39 is 0 Å². The van der Waals surface area contributed by atoms with Crippen LogP contribution >= 0.6 is 11.3 Å². The first kappa shape index (κ1) is 12.3. The maximum absolute atomic E-state index is 12.3. The number of H-pyrrole nitrogens is 1. The van der Waals surface area contributed by atoms with Crippen molar-refractivity contribution >= 4 is 11.3 Å². The van der Waals surface area contributed by atoms with Gasteiger partial charge in [0, 0.05) is 24.4 Å². The lowest BCUT2D eigenvalue weighted by molar-refractivity contribution is 0.605. The molecule has 0 radical (unpaired) electrons. The van der Waals surface area contributed by atoms with Gasteiger partial charge in [-0.1, -0.05) is 0 Å². The number of aromatic amines is 1. The molecule has 0 amide bonds. The lowest BCUT2D eigenvalue weighted by Gasteiger charge is -2.19. The number of nitrogens with one attached hydrogen (secondary N) is 2. The number of nitrogens with zero attached hydrogens (tertiary/aromatic N) is 1. The van der Waals surface area contributed by atoms with E-state index in [9.17, 15) is 4.79 Å². The molecule has 20 heavy (non-hydrogen) atoms. The normalized spacial score (nSPS) is 19.6. The van der Waals surface area contributed by atoms with Gasteiger partial charge in [-0.05, 0) is 36.8 Å². The Morgan fingerprint density at radius 2 is 2.25 bits per heavy atom. The average Bonchev–Trinajstić information content (AvgIpc) is 3.15. The Labute approximate surface area is 121 Å². The lowest BCUT2D eigenvalue weighted by atomic mass is 10.0. The summed E-state index contributed by atoms with van der Waals surface area (Å²) in [6.45, 7) is 3.67. The predicted octanol–water partition coefficient (Wildman–Crippen LogP) is 1.87. The first-order valence-corrected chi connectivity index (χ1v) is 7.96. The highest BCUT2D eigenvalue weighted by Gasteiger charge is 2.49. The van der Waals surface area contributed by atoms with Gasteiger partial charge in [-0.3, -0.25) is 4.79 Å². The Morgan fingerprint density at radius 1 is 1.40 bits per heavy atom. The molecule has 0 unspecified atom stereocenters. The van der Waals surface area contributed by atoms with Gasteiger partial charge in [0.15, 0.2) is 0 Å². The molecule has 0 aromatic carbocycles. The zero-order chi connectivity index (χ0) is 13.7. The van der Waals surface area contributed by atoms with E-state index in [0.29, 0.717) is 6.54 Å². The van der Waals surface area contributed by atoms with E-state index >= 15 is 0 Å². The quantitative estimate of drug-likeness (QED) is 0.886. The first-order valence-electron chi connectivity index (χ1n) is 7.08. The molecular weight excluding hydrogens is 270 g/mol. The molecule has 2 aromatic rings. The summed E-state index contributed by atoms with van der Waals surface area (Å²) in [5, 5.41) is 5.41. The summed E-state index contributed by atoms with van der Waals surface area (Å²) in [4.78, 5) is 21.5. The molecule has 3 heterocycles. The van der Waals surface area contributed by atoms with Crippen LogP contribution in [0.1, 0.15) is 40.4 Å². The van der Waals surface area contributed by atoms with Crippen molar-refractivity contribution < 1.29 is 0 Å². The topological polar surface area (TPSA) is 57.8 Å². The second-order valence-electron chi connectivity index (χ2n) is 5.84. The Hall–Kier alpha value is -1.46. The highest BCUT2D eigenvalue weighted by Crippen LogP contribution is 2.53. The number of hydrogen-bond acceptors (Lipinski definition) is 4. The maximum Gasteiger partial charge on any atom is 0.255 e. The second kappa shape index (κ2) is 4.27. The summed E-state index contributed by atoms with van der Waals surface area (Å²) in [6, 6.07) is 2.23. The molecule has 2 aromatic heterocycles. The minimum atomic E-state index is -0.0159. The van der Waals surface area contributed by atoms with Crippen LogP contribution in [0.4, 0.5) is 0 Å². The molecule has 1 fully saturated rings. The molecule has 0 saturated heterocycles. The van der Waals surface area contributed by atoms with Crippen LogP contribution in [-0.2, 0) is 18.4 Å². The van der Waals surface area contributed by atoms with Crippen LogP contribution in [0, 0.1) is 6.92 Å². The third-order valence-corrected chi connectivity index (χ3v) is 5.60. The Bertz CT molecular complexity index is 727. The SMILES string of the molecule is Cc1csc(C2(c3nc4c(c(=O)[nH]3)CNCC4)CC2)c1. The fraction of sp³-hybridized carbons (Fsp3) is 0.467. The minimum Gasteiger partial charge on any atom is -0.312 e. The van der Waals surface area contributed by atoms with Crippen molar-refractivity contribution in [1.82, 2.24) is 15.3 Å². The predicted molar refractivity (Wildman–Crippen MR) is 79.3 cm³/mol. The molecule has 104 valence electrons. The molecule has 4 rings (SSSR count). The molecule has 1 saturated carbocycles. The number of hydrogen-bond donors (Lipinski definition) is 2. The van der Waals surface area contributed by atoms with Gasteiger partial charge in [0.1, 0.15) is 5.82 Å². The summed E-state index contributed by atoms with van der Waals surface area (Å²) < 4.78 is 0. The van der Waals surface area contributed by atoms with Gasteiger partial charge in [-0.25, -0.2) is 4.98 Å². The van der Waals surface area contributed by atoms with Crippen molar-refractivity contribution in [2.75, 3.05) is 6.54 Å². The van der Waals surface area contributed by atoms with Gasteiger partial charge in [0.05, 0.1) is 16.7 Å². The van der Waals surface area contributed by atoms with Crippen LogP contribution in [0.2, 0.25) is 0 Å². The maximum atomic E-state index is 12.3. The fourth-order valence-corrected chi connectivity index (χ4v) is 4.15. The number of fused-ring (bicyclic) bond motifs is 1. The minimum absolute atomic E-state index is 0.0159. The summed E-state index contributed by atoms with van der Waals surface area (Å²) in [5.74, 6) is 0.880. The highest BCUT2D eigenvalue weighted by atomic mass is 32.1. The van der Waals surface area contributed by atoms with Gasteiger partial charge in [-0.2, -0.15) is 0 Å². The van der Waals surface area contributed by atoms with E-state index in [1.807, 2.05) is 0 Å². The zero-order valence-electron chi connectivity index (χ0n) is 11.5. The third-order valence-electron chi connectivity index (χ3n) is 4.35. The fourth-order valence-electron chi connectivity index (χ4n) is 2.99. The number of aryl methyl sites for hydroxylation is 1. The Kier molecular flexibility index (Phi) is 2.62. The highest BCUT2D eigenvalue weighted by molar-refractivity contribution is 7.10.